The van der Waals surface area contributed by atoms with Crippen molar-refractivity contribution in [2.45, 2.75) is 38.8 Å². The summed E-state index contributed by atoms with van der Waals surface area (Å²) in [4.78, 5) is 24.9. The summed E-state index contributed by atoms with van der Waals surface area (Å²) in [5.74, 6) is -0.488. The van der Waals surface area contributed by atoms with Crippen molar-refractivity contribution < 1.29 is 14.8 Å². The molecule has 4 nitrogen and oxygen atoms in total. The van der Waals surface area contributed by atoms with Crippen LogP contribution in [0.1, 0.15) is 48.4 Å². The molecule has 1 aliphatic heterocycles. The van der Waals surface area contributed by atoms with Crippen LogP contribution in [0.15, 0.2) is 47.6 Å². The molecule has 1 N–H and O–H groups in total. The maximum atomic E-state index is 12.5. The van der Waals surface area contributed by atoms with Gasteiger partial charge in [-0.1, -0.05) is 30.3 Å². The van der Waals surface area contributed by atoms with Gasteiger partial charge < -0.3 is 5.21 Å². The normalized spacial score (nSPS) is 22.8. The van der Waals surface area contributed by atoms with Gasteiger partial charge in [0, 0.05) is 11.1 Å². The van der Waals surface area contributed by atoms with Gasteiger partial charge >= 0.3 is 0 Å². The van der Waals surface area contributed by atoms with Crippen molar-refractivity contribution in [2.24, 2.45) is 0 Å². The van der Waals surface area contributed by atoms with Gasteiger partial charge in [0.1, 0.15) is 0 Å². The number of carbonyl (C=O) groups excluding carboxylic acids is 2. The number of ketones is 2. The van der Waals surface area contributed by atoms with E-state index in [1.54, 1.807) is 30.3 Å². The number of hydroxylamine groups is 2. The summed E-state index contributed by atoms with van der Waals surface area (Å²) in [7, 11) is 0. The van der Waals surface area contributed by atoms with Crippen LogP contribution in [0.3, 0.4) is 0 Å². The molecule has 0 spiro atoms. The van der Waals surface area contributed by atoms with Crippen LogP contribution in [0.25, 0.3) is 0 Å². The van der Waals surface area contributed by atoms with Crippen LogP contribution in [0, 0.1) is 0 Å². The van der Waals surface area contributed by atoms with Gasteiger partial charge in [0.2, 0.25) is 0 Å². The average molecular weight is 297 g/mol. The Morgan fingerprint density at radius 2 is 1.50 bits per heavy atom. The van der Waals surface area contributed by atoms with Gasteiger partial charge in [-0.25, -0.2) is 0 Å². The molecular weight excluding hydrogens is 278 g/mol. The van der Waals surface area contributed by atoms with Crippen LogP contribution < -0.4 is 0 Å². The lowest BCUT2D eigenvalue weighted by Crippen LogP contribution is -2.47. The smallest absolute Gasteiger partial charge is 0.197 e. The van der Waals surface area contributed by atoms with Gasteiger partial charge in [0.25, 0.3) is 0 Å². The molecule has 1 aromatic carbocycles. The highest BCUT2D eigenvalue weighted by molar-refractivity contribution is 6.39. The molecule has 0 aromatic heterocycles. The number of benzene rings is 1. The zero-order valence-electron chi connectivity index (χ0n) is 13.2. The lowest BCUT2D eigenvalue weighted by Gasteiger charge is -2.35. The van der Waals surface area contributed by atoms with Crippen LogP contribution >= 0.6 is 0 Å². The van der Waals surface area contributed by atoms with Crippen LogP contribution in [0.2, 0.25) is 0 Å². The zero-order valence-corrected chi connectivity index (χ0v) is 13.2. The van der Waals surface area contributed by atoms with E-state index < -0.39 is 11.1 Å². The molecule has 3 rings (SSSR count). The second-order valence-corrected chi connectivity index (χ2v) is 6.89. The molecule has 0 unspecified atom stereocenters. The fourth-order valence-electron chi connectivity index (χ4n) is 3.24. The van der Waals surface area contributed by atoms with Gasteiger partial charge in [0.05, 0.1) is 16.7 Å². The van der Waals surface area contributed by atoms with Crippen molar-refractivity contribution in [1.82, 2.24) is 5.06 Å². The highest BCUT2D eigenvalue weighted by Crippen LogP contribution is 2.40. The Kier molecular flexibility index (Phi) is 3.03. The predicted octanol–water partition coefficient (Wildman–Crippen LogP) is 3.18. The van der Waals surface area contributed by atoms with Crippen molar-refractivity contribution in [3.05, 3.63) is 58.7 Å². The van der Waals surface area contributed by atoms with E-state index in [4.69, 9.17) is 0 Å². The first-order valence-corrected chi connectivity index (χ1v) is 7.29. The molecule has 0 atom stereocenters. The number of rotatable bonds is 1. The summed E-state index contributed by atoms with van der Waals surface area (Å²) in [5, 5.41) is 11.6. The third kappa shape index (κ3) is 1.91. The van der Waals surface area contributed by atoms with Crippen molar-refractivity contribution in [2.75, 3.05) is 0 Å². The summed E-state index contributed by atoms with van der Waals surface area (Å²) >= 11 is 0. The summed E-state index contributed by atoms with van der Waals surface area (Å²) in [6.45, 7) is 7.49. The topological polar surface area (TPSA) is 57.6 Å². The van der Waals surface area contributed by atoms with E-state index in [0.29, 0.717) is 11.1 Å². The molecular formula is C18H19NO3. The molecule has 0 bridgehead atoms. The Balaban J connectivity index is 2.09. The first-order chi connectivity index (χ1) is 10.2. The van der Waals surface area contributed by atoms with E-state index in [0.717, 1.165) is 5.57 Å². The van der Waals surface area contributed by atoms with Crippen LogP contribution in [-0.2, 0) is 0 Å². The number of allylic oxidation sites excluding steroid dienone is 1. The Bertz CT molecular complexity index is 716. The highest BCUT2D eigenvalue weighted by atomic mass is 16.5. The Morgan fingerprint density at radius 3 is 1.91 bits per heavy atom. The molecule has 0 fully saturated rings. The molecule has 2 aliphatic rings. The maximum absolute atomic E-state index is 12.5. The minimum absolute atomic E-state index is 0.173. The summed E-state index contributed by atoms with van der Waals surface area (Å²) < 4.78 is 0. The SMILES string of the molecule is CC1(C)C=C(C=C2C(=O)c3ccccc3C2=O)C(C)(C)N1O. The van der Waals surface area contributed by atoms with E-state index in [-0.39, 0.29) is 17.1 Å². The van der Waals surface area contributed by atoms with Crippen molar-refractivity contribution in [1.29, 1.82) is 0 Å². The van der Waals surface area contributed by atoms with Crippen molar-refractivity contribution in [3.8, 4) is 0 Å². The number of nitrogens with zero attached hydrogens (tertiary/aromatic N) is 1. The van der Waals surface area contributed by atoms with Gasteiger partial charge in [-0.05, 0) is 39.3 Å². The molecule has 0 saturated carbocycles. The Hall–Kier alpha value is -2.04. The molecule has 1 aliphatic carbocycles. The first kappa shape index (κ1) is 14.9. The fraction of sp³-hybridized carbons (Fsp3) is 0.333. The number of carbonyl (C=O) groups is 2. The van der Waals surface area contributed by atoms with Gasteiger partial charge in [-0.3, -0.25) is 9.59 Å². The third-order valence-corrected chi connectivity index (χ3v) is 4.50. The van der Waals surface area contributed by atoms with E-state index in [9.17, 15) is 14.8 Å². The number of hydrogen-bond acceptors (Lipinski definition) is 4. The highest BCUT2D eigenvalue weighted by Gasteiger charge is 2.45. The second-order valence-electron chi connectivity index (χ2n) is 6.89. The maximum Gasteiger partial charge on any atom is 0.197 e. The van der Waals surface area contributed by atoms with E-state index >= 15 is 0 Å². The second kappa shape index (κ2) is 4.48. The van der Waals surface area contributed by atoms with Crippen LogP contribution in [0.4, 0.5) is 0 Å². The van der Waals surface area contributed by atoms with E-state index in [2.05, 4.69) is 0 Å². The molecule has 22 heavy (non-hydrogen) atoms. The van der Waals surface area contributed by atoms with E-state index in [1.165, 1.54) is 5.06 Å². The van der Waals surface area contributed by atoms with Crippen molar-refractivity contribution in [3.63, 3.8) is 0 Å². The molecule has 0 radical (unpaired) electrons. The van der Waals surface area contributed by atoms with Gasteiger partial charge in [-0.2, -0.15) is 5.06 Å². The van der Waals surface area contributed by atoms with Gasteiger partial charge in [-0.15, -0.1) is 0 Å². The van der Waals surface area contributed by atoms with Crippen LogP contribution in [-0.4, -0.2) is 32.9 Å². The zero-order chi connectivity index (χ0) is 16.3. The minimum Gasteiger partial charge on any atom is -0.312 e. The molecule has 0 amide bonds. The predicted molar refractivity (Wildman–Crippen MR) is 83.1 cm³/mol. The van der Waals surface area contributed by atoms with Crippen molar-refractivity contribution >= 4 is 11.6 Å². The monoisotopic (exact) mass is 297 g/mol. The Labute approximate surface area is 129 Å². The largest absolute Gasteiger partial charge is 0.312 e. The number of hydrogen-bond donors (Lipinski definition) is 1. The summed E-state index contributed by atoms with van der Waals surface area (Å²) in [6, 6.07) is 6.86. The number of Topliss-reactive ketones (excluding diaryl/α,β-unsaturated/α-hetero) is 2. The molecule has 1 heterocycles. The quantitative estimate of drug-likeness (QED) is 0.639. The summed E-state index contributed by atoms with van der Waals surface area (Å²) in [5.41, 5.74) is 0.640. The lowest BCUT2D eigenvalue weighted by atomic mass is 9.93. The minimum atomic E-state index is -0.661. The average Bonchev–Trinajstić information content (AvgIpc) is 2.78. The standard InChI is InChI=1S/C18H19NO3/c1-17(2)10-11(18(3,4)19(17)22)9-14-15(20)12-7-5-6-8-13(12)16(14)21/h5-10,22H,1-4H3. The number of fused-ring (bicyclic) bond motifs is 1. The molecule has 4 heteroatoms. The van der Waals surface area contributed by atoms with Gasteiger partial charge in [0.15, 0.2) is 11.6 Å². The lowest BCUT2D eigenvalue weighted by molar-refractivity contribution is -0.184. The Morgan fingerprint density at radius 1 is 1.00 bits per heavy atom. The molecule has 114 valence electrons. The first-order valence-electron chi connectivity index (χ1n) is 7.29. The molecule has 0 saturated heterocycles. The third-order valence-electron chi connectivity index (χ3n) is 4.50. The van der Waals surface area contributed by atoms with Crippen LogP contribution in [0.5, 0.6) is 0 Å². The summed E-state index contributed by atoms with van der Waals surface area (Å²) in [6.07, 6.45) is 3.52. The molecule has 1 aromatic rings. The fourth-order valence-corrected chi connectivity index (χ4v) is 3.24. The van der Waals surface area contributed by atoms with E-state index in [1.807, 2.05) is 33.8 Å².